The Hall–Kier alpha value is -3.05. The largest absolute Gasteiger partial charge is 0.352 e. The van der Waals surface area contributed by atoms with E-state index in [1.165, 1.54) is 22.9 Å². The maximum atomic E-state index is 12.9. The summed E-state index contributed by atoms with van der Waals surface area (Å²) in [4.78, 5) is 27.2. The van der Waals surface area contributed by atoms with Crippen LogP contribution in [-0.2, 0) is 4.79 Å². The number of amides is 2. The first-order chi connectivity index (χ1) is 15.1. The van der Waals surface area contributed by atoms with Crippen LogP contribution in [0.15, 0.2) is 89.8 Å². The van der Waals surface area contributed by atoms with Gasteiger partial charge < -0.3 is 10.2 Å². The molecule has 0 bridgehead atoms. The van der Waals surface area contributed by atoms with Crippen LogP contribution in [-0.4, -0.2) is 43.1 Å². The molecule has 0 radical (unpaired) electrons. The molecular formula is C26H28N2O2S. The number of nitrogens with zero attached hydrogens (tertiary/aromatic N) is 1. The highest BCUT2D eigenvalue weighted by molar-refractivity contribution is 8.00. The van der Waals surface area contributed by atoms with E-state index in [0.717, 1.165) is 11.3 Å². The van der Waals surface area contributed by atoms with Gasteiger partial charge in [0, 0.05) is 31.5 Å². The summed E-state index contributed by atoms with van der Waals surface area (Å²) in [6, 6.07) is 28.2. The SMILES string of the molecule is CN(C)C(=O)CSc1ccccc1C(=O)NCCC(c1ccccc1)c1ccccc1. The van der Waals surface area contributed by atoms with Gasteiger partial charge in [-0.1, -0.05) is 72.8 Å². The van der Waals surface area contributed by atoms with Crippen molar-refractivity contribution in [3.63, 3.8) is 0 Å². The Morgan fingerprint density at radius 2 is 1.39 bits per heavy atom. The van der Waals surface area contributed by atoms with Crippen molar-refractivity contribution in [3.8, 4) is 0 Å². The molecule has 3 aromatic rings. The first kappa shape index (κ1) is 22.6. The summed E-state index contributed by atoms with van der Waals surface area (Å²) in [6.07, 6.45) is 0.800. The molecule has 0 fully saturated rings. The van der Waals surface area contributed by atoms with E-state index >= 15 is 0 Å². The Labute approximate surface area is 188 Å². The zero-order chi connectivity index (χ0) is 22.1. The van der Waals surface area contributed by atoms with Gasteiger partial charge in [-0.15, -0.1) is 11.8 Å². The molecular weight excluding hydrogens is 404 g/mol. The maximum Gasteiger partial charge on any atom is 0.252 e. The number of hydrogen-bond donors (Lipinski definition) is 1. The van der Waals surface area contributed by atoms with Gasteiger partial charge in [0.05, 0.1) is 11.3 Å². The van der Waals surface area contributed by atoms with Crippen molar-refractivity contribution in [1.29, 1.82) is 0 Å². The quantitative estimate of drug-likeness (QED) is 0.493. The van der Waals surface area contributed by atoms with E-state index in [-0.39, 0.29) is 17.7 Å². The minimum Gasteiger partial charge on any atom is -0.352 e. The van der Waals surface area contributed by atoms with Crippen molar-refractivity contribution >= 4 is 23.6 Å². The summed E-state index contributed by atoms with van der Waals surface area (Å²) in [7, 11) is 3.47. The predicted molar refractivity (Wildman–Crippen MR) is 128 cm³/mol. The van der Waals surface area contributed by atoms with Crippen LogP contribution in [0.1, 0.15) is 33.8 Å². The summed E-state index contributed by atoms with van der Waals surface area (Å²) in [5.41, 5.74) is 3.08. The van der Waals surface area contributed by atoms with Crippen LogP contribution in [0.5, 0.6) is 0 Å². The highest BCUT2D eigenvalue weighted by Gasteiger charge is 2.16. The minimum absolute atomic E-state index is 0.0220. The Bertz CT molecular complexity index is 951. The molecule has 1 N–H and O–H groups in total. The van der Waals surface area contributed by atoms with Gasteiger partial charge >= 0.3 is 0 Å². The third-order valence-corrected chi connectivity index (χ3v) is 6.16. The van der Waals surface area contributed by atoms with E-state index in [4.69, 9.17) is 0 Å². The van der Waals surface area contributed by atoms with Gasteiger partial charge in [-0.2, -0.15) is 0 Å². The van der Waals surface area contributed by atoms with Crippen molar-refractivity contribution in [2.24, 2.45) is 0 Å². The number of rotatable bonds is 9. The van der Waals surface area contributed by atoms with Crippen LogP contribution < -0.4 is 5.32 Å². The van der Waals surface area contributed by atoms with Crippen molar-refractivity contribution in [2.75, 3.05) is 26.4 Å². The molecule has 0 saturated heterocycles. The Morgan fingerprint density at radius 1 is 0.839 bits per heavy atom. The van der Waals surface area contributed by atoms with Gasteiger partial charge in [-0.25, -0.2) is 0 Å². The average molecular weight is 433 g/mol. The van der Waals surface area contributed by atoms with Crippen molar-refractivity contribution in [2.45, 2.75) is 17.2 Å². The second-order valence-electron chi connectivity index (χ2n) is 7.49. The van der Waals surface area contributed by atoms with Crippen LogP contribution in [0.25, 0.3) is 0 Å². The molecule has 3 aromatic carbocycles. The smallest absolute Gasteiger partial charge is 0.252 e. The molecule has 160 valence electrons. The first-order valence-corrected chi connectivity index (χ1v) is 11.3. The Balaban J connectivity index is 1.65. The molecule has 0 unspecified atom stereocenters. The van der Waals surface area contributed by atoms with E-state index < -0.39 is 0 Å². The summed E-state index contributed by atoms with van der Waals surface area (Å²) in [6.45, 7) is 0.558. The van der Waals surface area contributed by atoms with Crippen LogP contribution in [0.3, 0.4) is 0 Å². The van der Waals surface area contributed by atoms with Gasteiger partial charge in [0.15, 0.2) is 0 Å². The van der Waals surface area contributed by atoms with E-state index in [1.807, 2.05) is 60.7 Å². The van der Waals surface area contributed by atoms with Gasteiger partial charge in [0.1, 0.15) is 0 Å². The molecule has 0 saturated carbocycles. The second kappa shape index (κ2) is 11.4. The van der Waals surface area contributed by atoms with Gasteiger partial charge in [0.2, 0.25) is 5.91 Å². The summed E-state index contributed by atoms with van der Waals surface area (Å²) < 4.78 is 0. The third-order valence-electron chi connectivity index (χ3n) is 5.10. The van der Waals surface area contributed by atoms with Crippen molar-refractivity contribution < 1.29 is 9.59 Å². The number of carbonyl (C=O) groups is 2. The van der Waals surface area contributed by atoms with E-state index in [9.17, 15) is 9.59 Å². The van der Waals surface area contributed by atoms with Gasteiger partial charge in [-0.3, -0.25) is 9.59 Å². The fraction of sp³-hybridized carbons (Fsp3) is 0.231. The first-order valence-electron chi connectivity index (χ1n) is 10.4. The van der Waals surface area contributed by atoms with Crippen LogP contribution in [0, 0.1) is 0 Å². The van der Waals surface area contributed by atoms with Crippen LogP contribution >= 0.6 is 11.8 Å². The lowest BCUT2D eigenvalue weighted by Gasteiger charge is -2.19. The number of hydrogen-bond acceptors (Lipinski definition) is 3. The van der Waals surface area contributed by atoms with Crippen LogP contribution in [0.4, 0.5) is 0 Å². The van der Waals surface area contributed by atoms with Gasteiger partial charge in [0.25, 0.3) is 5.91 Å². The average Bonchev–Trinajstić information content (AvgIpc) is 2.81. The highest BCUT2D eigenvalue weighted by atomic mass is 32.2. The molecule has 2 amide bonds. The molecule has 0 aromatic heterocycles. The molecule has 0 heterocycles. The lowest BCUT2D eigenvalue weighted by molar-refractivity contribution is -0.125. The van der Waals surface area contributed by atoms with Gasteiger partial charge in [-0.05, 0) is 29.7 Å². The summed E-state index contributed by atoms with van der Waals surface area (Å²) in [5, 5.41) is 3.07. The fourth-order valence-corrected chi connectivity index (χ4v) is 4.40. The van der Waals surface area contributed by atoms with E-state index in [0.29, 0.717) is 17.9 Å². The lowest BCUT2D eigenvalue weighted by Crippen LogP contribution is -2.27. The van der Waals surface area contributed by atoms with Crippen molar-refractivity contribution in [3.05, 3.63) is 102 Å². The number of nitrogens with one attached hydrogen (secondary N) is 1. The fourth-order valence-electron chi connectivity index (χ4n) is 3.37. The molecule has 31 heavy (non-hydrogen) atoms. The summed E-state index contributed by atoms with van der Waals surface area (Å²) >= 11 is 1.39. The molecule has 0 spiro atoms. The molecule has 0 aliphatic rings. The van der Waals surface area contributed by atoms with E-state index in [1.54, 1.807) is 19.0 Å². The Morgan fingerprint density at radius 3 is 1.97 bits per heavy atom. The molecule has 5 heteroatoms. The minimum atomic E-state index is -0.111. The highest BCUT2D eigenvalue weighted by Crippen LogP contribution is 2.28. The Kier molecular flexibility index (Phi) is 8.30. The monoisotopic (exact) mass is 432 g/mol. The number of benzene rings is 3. The predicted octanol–water partition coefficient (Wildman–Crippen LogP) is 4.82. The normalized spacial score (nSPS) is 10.7. The zero-order valence-electron chi connectivity index (χ0n) is 18.0. The second-order valence-corrected chi connectivity index (χ2v) is 8.51. The molecule has 3 rings (SSSR count). The topological polar surface area (TPSA) is 49.4 Å². The standard InChI is InChI=1S/C26H28N2O2S/c1-28(2)25(29)19-31-24-16-10-9-15-23(24)26(30)27-18-17-22(20-11-5-3-6-12-20)21-13-7-4-8-14-21/h3-16,22H,17-19H2,1-2H3,(H,27,30). The van der Waals surface area contributed by atoms with E-state index in [2.05, 4.69) is 29.6 Å². The zero-order valence-corrected chi connectivity index (χ0v) is 18.8. The molecule has 0 aliphatic heterocycles. The molecule has 0 aliphatic carbocycles. The third kappa shape index (κ3) is 6.46. The molecule has 4 nitrogen and oxygen atoms in total. The lowest BCUT2D eigenvalue weighted by atomic mass is 9.88. The maximum absolute atomic E-state index is 12.9. The van der Waals surface area contributed by atoms with Crippen LogP contribution in [0.2, 0.25) is 0 Å². The summed E-state index contributed by atoms with van der Waals surface area (Å²) in [5.74, 6) is 0.431. The van der Waals surface area contributed by atoms with Crippen molar-refractivity contribution in [1.82, 2.24) is 10.2 Å². The number of thioether (sulfide) groups is 1. The molecule has 0 atom stereocenters. The number of carbonyl (C=O) groups excluding carboxylic acids is 2.